The molecular formula is C18H19ClN2O3S. The van der Waals surface area contributed by atoms with Gasteiger partial charge < -0.3 is 14.2 Å². The lowest BCUT2D eigenvalue weighted by Crippen LogP contribution is -2.51. The lowest BCUT2D eigenvalue weighted by Gasteiger charge is -2.34. The molecule has 7 heteroatoms. The van der Waals surface area contributed by atoms with E-state index in [1.165, 1.54) is 12.5 Å². The maximum atomic E-state index is 12.3. The van der Waals surface area contributed by atoms with E-state index < -0.39 is 0 Å². The van der Waals surface area contributed by atoms with E-state index in [0.29, 0.717) is 42.5 Å². The molecule has 0 bridgehead atoms. The van der Waals surface area contributed by atoms with Crippen LogP contribution in [0.2, 0.25) is 5.02 Å². The van der Waals surface area contributed by atoms with Crippen LogP contribution in [-0.4, -0.2) is 53.5 Å². The number of thioether (sulfide) groups is 1. The Bertz CT molecular complexity index is 728. The van der Waals surface area contributed by atoms with Crippen LogP contribution < -0.4 is 0 Å². The summed E-state index contributed by atoms with van der Waals surface area (Å²) in [4.78, 5) is 28.1. The van der Waals surface area contributed by atoms with Crippen LogP contribution in [0.25, 0.3) is 0 Å². The predicted octanol–water partition coefficient (Wildman–Crippen LogP) is 3.15. The van der Waals surface area contributed by atoms with Crippen LogP contribution in [0, 0.1) is 0 Å². The van der Waals surface area contributed by atoms with Crippen LogP contribution in [0.3, 0.4) is 0 Å². The minimum absolute atomic E-state index is 0.0452. The maximum absolute atomic E-state index is 12.3. The highest BCUT2D eigenvalue weighted by molar-refractivity contribution is 7.99. The largest absolute Gasteiger partial charge is 0.472 e. The van der Waals surface area contributed by atoms with Crippen molar-refractivity contribution in [1.82, 2.24) is 9.80 Å². The number of furan rings is 1. The number of amides is 2. The summed E-state index contributed by atoms with van der Waals surface area (Å²) in [5.41, 5.74) is 1.66. The second kappa shape index (κ2) is 8.45. The van der Waals surface area contributed by atoms with Gasteiger partial charge in [-0.05, 0) is 23.8 Å². The van der Waals surface area contributed by atoms with Crippen molar-refractivity contribution in [2.75, 3.05) is 31.9 Å². The molecule has 0 N–H and O–H groups in total. The molecule has 2 amide bonds. The summed E-state index contributed by atoms with van der Waals surface area (Å²) in [6.45, 7) is 2.24. The third-order valence-electron chi connectivity index (χ3n) is 4.07. The predicted molar refractivity (Wildman–Crippen MR) is 98.8 cm³/mol. The Balaban J connectivity index is 1.41. The number of halogens is 1. The molecule has 2 aromatic rings. The van der Waals surface area contributed by atoms with Crippen molar-refractivity contribution in [2.45, 2.75) is 5.75 Å². The molecule has 1 fully saturated rings. The van der Waals surface area contributed by atoms with Crippen molar-refractivity contribution < 1.29 is 14.0 Å². The molecule has 1 aromatic carbocycles. The zero-order chi connectivity index (χ0) is 17.6. The summed E-state index contributed by atoms with van der Waals surface area (Å²) < 4.78 is 4.95. The number of benzene rings is 1. The molecule has 0 radical (unpaired) electrons. The molecule has 0 saturated carbocycles. The standard InChI is InChI=1S/C18H19ClN2O3S/c19-16-3-1-2-14(10-16)12-25-13-17(22)20-5-7-21(8-6-20)18(23)15-4-9-24-11-15/h1-4,9-11H,5-8,12-13H2. The first-order valence-electron chi connectivity index (χ1n) is 8.05. The molecule has 1 saturated heterocycles. The molecule has 0 unspecified atom stereocenters. The van der Waals surface area contributed by atoms with Gasteiger partial charge in [0, 0.05) is 37.0 Å². The van der Waals surface area contributed by atoms with Crippen LogP contribution in [0.5, 0.6) is 0 Å². The van der Waals surface area contributed by atoms with E-state index in [1.807, 2.05) is 29.2 Å². The Hall–Kier alpha value is -1.92. The monoisotopic (exact) mass is 378 g/mol. The first kappa shape index (κ1) is 17.9. The number of hydrogen-bond donors (Lipinski definition) is 0. The number of hydrogen-bond acceptors (Lipinski definition) is 4. The highest BCUT2D eigenvalue weighted by atomic mass is 35.5. The van der Waals surface area contributed by atoms with Gasteiger partial charge in [-0.2, -0.15) is 0 Å². The molecule has 2 heterocycles. The summed E-state index contributed by atoms with van der Waals surface area (Å²) in [7, 11) is 0. The van der Waals surface area contributed by atoms with Crippen molar-refractivity contribution in [3.05, 3.63) is 59.0 Å². The summed E-state index contributed by atoms with van der Waals surface area (Å²) >= 11 is 7.54. The lowest BCUT2D eigenvalue weighted by atomic mass is 10.2. The zero-order valence-electron chi connectivity index (χ0n) is 13.7. The smallest absolute Gasteiger partial charge is 0.257 e. The van der Waals surface area contributed by atoms with Crippen LogP contribution in [0.4, 0.5) is 0 Å². The van der Waals surface area contributed by atoms with Crippen molar-refractivity contribution in [1.29, 1.82) is 0 Å². The fourth-order valence-electron chi connectivity index (χ4n) is 2.70. The van der Waals surface area contributed by atoms with Crippen LogP contribution >= 0.6 is 23.4 Å². The Labute approximate surface area is 155 Å². The quantitative estimate of drug-likeness (QED) is 0.802. The fourth-order valence-corrected chi connectivity index (χ4v) is 3.79. The van der Waals surface area contributed by atoms with E-state index >= 15 is 0 Å². The van der Waals surface area contributed by atoms with Crippen LogP contribution in [0.15, 0.2) is 47.3 Å². The summed E-state index contributed by atoms with van der Waals surface area (Å²) in [6, 6.07) is 9.33. The van der Waals surface area contributed by atoms with Crippen molar-refractivity contribution in [3.63, 3.8) is 0 Å². The molecule has 3 rings (SSSR count). The molecule has 1 aliphatic heterocycles. The first-order chi connectivity index (χ1) is 12.1. The molecular weight excluding hydrogens is 360 g/mol. The number of carbonyl (C=O) groups excluding carboxylic acids is 2. The molecule has 1 aromatic heterocycles. The van der Waals surface area contributed by atoms with Gasteiger partial charge in [0.2, 0.25) is 5.91 Å². The second-order valence-electron chi connectivity index (χ2n) is 5.81. The van der Waals surface area contributed by atoms with Gasteiger partial charge in [-0.3, -0.25) is 9.59 Å². The Morgan fingerprint density at radius 1 is 1.12 bits per heavy atom. The zero-order valence-corrected chi connectivity index (χ0v) is 15.3. The third-order valence-corrected chi connectivity index (χ3v) is 5.29. The normalized spacial score (nSPS) is 14.6. The fraction of sp³-hybridized carbons (Fsp3) is 0.333. The third kappa shape index (κ3) is 4.80. The molecule has 5 nitrogen and oxygen atoms in total. The van der Waals surface area contributed by atoms with Crippen LogP contribution in [-0.2, 0) is 10.5 Å². The average Bonchev–Trinajstić information content (AvgIpc) is 3.16. The minimum atomic E-state index is -0.0452. The molecule has 1 aliphatic rings. The van der Waals surface area contributed by atoms with Crippen molar-refractivity contribution in [3.8, 4) is 0 Å². The van der Waals surface area contributed by atoms with Gasteiger partial charge in [0.1, 0.15) is 6.26 Å². The Kier molecular flexibility index (Phi) is 6.04. The van der Waals surface area contributed by atoms with Gasteiger partial charge in [-0.1, -0.05) is 23.7 Å². The topological polar surface area (TPSA) is 53.8 Å². The number of carbonyl (C=O) groups is 2. The van der Waals surface area contributed by atoms with Crippen LogP contribution in [0.1, 0.15) is 15.9 Å². The lowest BCUT2D eigenvalue weighted by molar-refractivity contribution is -0.129. The first-order valence-corrected chi connectivity index (χ1v) is 9.58. The van der Waals surface area contributed by atoms with Crippen molar-refractivity contribution >= 4 is 35.2 Å². The average molecular weight is 379 g/mol. The minimum Gasteiger partial charge on any atom is -0.472 e. The molecule has 25 heavy (non-hydrogen) atoms. The molecule has 0 aliphatic carbocycles. The van der Waals surface area contributed by atoms with Gasteiger partial charge in [0.05, 0.1) is 17.6 Å². The van der Waals surface area contributed by atoms with E-state index in [4.69, 9.17) is 16.0 Å². The summed E-state index contributed by atoms with van der Waals surface area (Å²) in [5.74, 6) is 1.26. The molecule has 0 spiro atoms. The van der Waals surface area contributed by atoms with Crippen molar-refractivity contribution in [2.24, 2.45) is 0 Å². The van der Waals surface area contributed by atoms with Gasteiger partial charge in [0.15, 0.2) is 0 Å². The Morgan fingerprint density at radius 2 is 1.88 bits per heavy atom. The summed E-state index contributed by atoms with van der Waals surface area (Å²) in [5, 5.41) is 0.711. The number of rotatable bonds is 5. The number of piperazine rings is 1. The van der Waals surface area contributed by atoms with Gasteiger partial charge in [-0.15, -0.1) is 11.8 Å². The summed E-state index contributed by atoms with van der Waals surface area (Å²) in [6.07, 6.45) is 2.94. The van der Waals surface area contributed by atoms with E-state index in [1.54, 1.807) is 22.7 Å². The SMILES string of the molecule is O=C(CSCc1cccc(Cl)c1)N1CCN(C(=O)c2ccoc2)CC1. The van der Waals surface area contributed by atoms with E-state index in [0.717, 1.165) is 11.3 Å². The van der Waals surface area contributed by atoms with Gasteiger partial charge in [-0.25, -0.2) is 0 Å². The molecule has 0 atom stereocenters. The van der Waals surface area contributed by atoms with E-state index in [9.17, 15) is 9.59 Å². The second-order valence-corrected chi connectivity index (χ2v) is 7.23. The highest BCUT2D eigenvalue weighted by Gasteiger charge is 2.25. The van der Waals surface area contributed by atoms with Gasteiger partial charge in [0.25, 0.3) is 5.91 Å². The van der Waals surface area contributed by atoms with E-state index in [2.05, 4.69) is 0 Å². The maximum Gasteiger partial charge on any atom is 0.257 e. The Morgan fingerprint density at radius 3 is 2.56 bits per heavy atom. The van der Waals surface area contributed by atoms with E-state index in [-0.39, 0.29) is 11.8 Å². The van der Waals surface area contributed by atoms with Gasteiger partial charge >= 0.3 is 0 Å². The highest BCUT2D eigenvalue weighted by Crippen LogP contribution is 2.17. The molecule has 132 valence electrons. The number of nitrogens with zero attached hydrogens (tertiary/aromatic N) is 2.